The van der Waals surface area contributed by atoms with Gasteiger partial charge in [0.1, 0.15) is 10.2 Å². The first-order chi connectivity index (χ1) is 6.65. The fourth-order valence-corrected chi connectivity index (χ4v) is 2.11. The maximum Gasteiger partial charge on any atom is 0.178 e. The number of ether oxygens (including phenoxy) is 2. The van der Waals surface area contributed by atoms with Crippen molar-refractivity contribution < 1.29 is 14.6 Å². The van der Waals surface area contributed by atoms with Gasteiger partial charge in [0, 0.05) is 0 Å². The number of aromatic hydroxyl groups is 1. The number of benzene rings is 1. The molecule has 1 rings (SSSR count). The van der Waals surface area contributed by atoms with Crippen LogP contribution in [0.5, 0.6) is 17.2 Å². The molecular formula is C10H13BrO3. The minimum absolute atomic E-state index is 0.122. The number of methoxy groups -OCH3 is 2. The Labute approximate surface area is 91.8 Å². The van der Waals surface area contributed by atoms with Crippen LogP contribution in [0.2, 0.25) is 0 Å². The van der Waals surface area contributed by atoms with E-state index in [0.29, 0.717) is 16.0 Å². The molecule has 0 radical (unpaired) electrons. The molecule has 0 unspecified atom stereocenters. The second kappa shape index (κ2) is 4.55. The Balaban J connectivity index is 3.39. The van der Waals surface area contributed by atoms with Gasteiger partial charge in [-0.2, -0.15) is 0 Å². The molecule has 0 aliphatic heterocycles. The zero-order chi connectivity index (χ0) is 10.7. The lowest BCUT2D eigenvalue weighted by Crippen LogP contribution is -1.95. The van der Waals surface area contributed by atoms with Crippen LogP contribution in [-0.4, -0.2) is 19.3 Å². The SMILES string of the molecule is CCc1cc(O)c(OC)c(Br)c1OC. The van der Waals surface area contributed by atoms with E-state index >= 15 is 0 Å². The summed E-state index contributed by atoms with van der Waals surface area (Å²) >= 11 is 3.33. The molecule has 0 fully saturated rings. The molecule has 3 nitrogen and oxygen atoms in total. The highest BCUT2D eigenvalue weighted by Crippen LogP contribution is 2.43. The van der Waals surface area contributed by atoms with Gasteiger partial charge < -0.3 is 14.6 Å². The van der Waals surface area contributed by atoms with Crippen LogP contribution in [0.3, 0.4) is 0 Å². The first-order valence-electron chi connectivity index (χ1n) is 4.28. The maximum atomic E-state index is 9.61. The van der Waals surface area contributed by atoms with Crippen molar-refractivity contribution in [2.24, 2.45) is 0 Å². The van der Waals surface area contributed by atoms with E-state index < -0.39 is 0 Å². The molecule has 0 saturated carbocycles. The van der Waals surface area contributed by atoms with E-state index in [9.17, 15) is 5.11 Å². The van der Waals surface area contributed by atoms with Gasteiger partial charge in [0.2, 0.25) is 0 Å². The molecule has 0 spiro atoms. The Kier molecular flexibility index (Phi) is 3.63. The normalized spacial score (nSPS) is 10.0. The van der Waals surface area contributed by atoms with Crippen molar-refractivity contribution in [1.82, 2.24) is 0 Å². The van der Waals surface area contributed by atoms with Crippen molar-refractivity contribution in [3.8, 4) is 17.2 Å². The van der Waals surface area contributed by atoms with Crippen LogP contribution < -0.4 is 9.47 Å². The van der Waals surface area contributed by atoms with E-state index in [4.69, 9.17) is 9.47 Å². The summed E-state index contributed by atoms with van der Waals surface area (Å²) in [7, 11) is 3.10. The largest absolute Gasteiger partial charge is 0.504 e. The summed E-state index contributed by atoms with van der Waals surface area (Å²) in [5.74, 6) is 1.23. The van der Waals surface area contributed by atoms with Gasteiger partial charge in [0.05, 0.1) is 14.2 Å². The molecule has 0 aromatic heterocycles. The summed E-state index contributed by atoms with van der Waals surface area (Å²) in [4.78, 5) is 0. The quantitative estimate of drug-likeness (QED) is 0.909. The maximum absolute atomic E-state index is 9.61. The molecule has 0 atom stereocenters. The number of halogens is 1. The van der Waals surface area contributed by atoms with Crippen LogP contribution in [0, 0.1) is 0 Å². The van der Waals surface area contributed by atoms with Crippen LogP contribution >= 0.6 is 15.9 Å². The fraction of sp³-hybridized carbons (Fsp3) is 0.400. The molecule has 0 aliphatic carbocycles. The van der Waals surface area contributed by atoms with E-state index in [0.717, 1.165) is 12.0 Å². The third-order valence-electron chi connectivity index (χ3n) is 2.02. The molecule has 1 N–H and O–H groups in total. The first kappa shape index (κ1) is 11.2. The first-order valence-corrected chi connectivity index (χ1v) is 5.07. The van der Waals surface area contributed by atoms with Crippen molar-refractivity contribution in [3.63, 3.8) is 0 Å². The number of hydrogen-bond donors (Lipinski definition) is 1. The van der Waals surface area contributed by atoms with Gasteiger partial charge in [0.25, 0.3) is 0 Å². The van der Waals surface area contributed by atoms with Crippen molar-refractivity contribution in [2.45, 2.75) is 13.3 Å². The number of hydrogen-bond acceptors (Lipinski definition) is 3. The van der Waals surface area contributed by atoms with Gasteiger partial charge in [0.15, 0.2) is 11.5 Å². The van der Waals surface area contributed by atoms with Crippen LogP contribution in [-0.2, 0) is 6.42 Å². The third-order valence-corrected chi connectivity index (χ3v) is 2.74. The lowest BCUT2D eigenvalue weighted by molar-refractivity contribution is 0.358. The molecule has 0 saturated heterocycles. The zero-order valence-electron chi connectivity index (χ0n) is 8.43. The third kappa shape index (κ3) is 1.80. The predicted molar refractivity (Wildman–Crippen MR) is 58.3 cm³/mol. The van der Waals surface area contributed by atoms with Crippen LogP contribution in [0.25, 0.3) is 0 Å². The van der Waals surface area contributed by atoms with Crippen LogP contribution in [0.1, 0.15) is 12.5 Å². The van der Waals surface area contributed by atoms with Gasteiger partial charge in [-0.1, -0.05) is 6.92 Å². The molecule has 1 aromatic rings. The van der Waals surface area contributed by atoms with Gasteiger partial charge in [-0.3, -0.25) is 0 Å². The second-order valence-electron chi connectivity index (χ2n) is 2.79. The molecule has 0 amide bonds. The highest BCUT2D eigenvalue weighted by molar-refractivity contribution is 9.10. The minimum atomic E-state index is 0.122. The molecule has 0 aliphatic rings. The Hall–Kier alpha value is -0.900. The monoisotopic (exact) mass is 260 g/mol. The van der Waals surface area contributed by atoms with Crippen molar-refractivity contribution >= 4 is 15.9 Å². The van der Waals surface area contributed by atoms with Crippen LogP contribution in [0.15, 0.2) is 10.5 Å². The predicted octanol–water partition coefficient (Wildman–Crippen LogP) is 2.73. The Morgan fingerprint density at radius 2 is 1.86 bits per heavy atom. The average molecular weight is 261 g/mol. The summed E-state index contributed by atoms with van der Waals surface area (Å²) < 4.78 is 10.9. The van der Waals surface area contributed by atoms with E-state index in [-0.39, 0.29) is 5.75 Å². The fourth-order valence-electron chi connectivity index (χ4n) is 1.33. The average Bonchev–Trinajstić information content (AvgIpc) is 2.17. The summed E-state index contributed by atoms with van der Waals surface area (Å²) in [6.45, 7) is 2.00. The Morgan fingerprint density at radius 3 is 2.29 bits per heavy atom. The highest BCUT2D eigenvalue weighted by atomic mass is 79.9. The molecule has 0 heterocycles. The van der Waals surface area contributed by atoms with Gasteiger partial charge in [-0.25, -0.2) is 0 Å². The minimum Gasteiger partial charge on any atom is -0.504 e. The molecule has 78 valence electrons. The highest BCUT2D eigenvalue weighted by Gasteiger charge is 2.16. The summed E-state index contributed by atoms with van der Waals surface area (Å²) in [5.41, 5.74) is 0.942. The Morgan fingerprint density at radius 1 is 1.29 bits per heavy atom. The van der Waals surface area contributed by atoms with Gasteiger partial charge >= 0.3 is 0 Å². The van der Waals surface area contributed by atoms with E-state index in [1.165, 1.54) is 7.11 Å². The van der Waals surface area contributed by atoms with Crippen molar-refractivity contribution in [1.29, 1.82) is 0 Å². The topological polar surface area (TPSA) is 38.7 Å². The Bertz CT molecular complexity index is 337. The van der Waals surface area contributed by atoms with E-state index in [2.05, 4.69) is 15.9 Å². The summed E-state index contributed by atoms with van der Waals surface area (Å²) in [6, 6.07) is 1.66. The van der Waals surface area contributed by atoms with Gasteiger partial charge in [-0.05, 0) is 34.0 Å². The molecule has 0 bridgehead atoms. The molecule has 4 heteroatoms. The van der Waals surface area contributed by atoms with Crippen LogP contribution in [0.4, 0.5) is 0 Å². The van der Waals surface area contributed by atoms with E-state index in [1.54, 1.807) is 13.2 Å². The number of aryl methyl sites for hydroxylation is 1. The summed E-state index contributed by atoms with van der Waals surface area (Å²) in [6.07, 6.45) is 0.791. The van der Waals surface area contributed by atoms with Gasteiger partial charge in [-0.15, -0.1) is 0 Å². The standard InChI is InChI=1S/C10H13BrO3/c1-4-6-5-7(12)10(14-3)8(11)9(6)13-2/h5,12H,4H2,1-3H3. The van der Waals surface area contributed by atoms with E-state index in [1.807, 2.05) is 6.92 Å². The lowest BCUT2D eigenvalue weighted by atomic mass is 10.1. The number of rotatable bonds is 3. The summed E-state index contributed by atoms with van der Waals surface area (Å²) in [5, 5.41) is 9.61. The molecular weight excluding hydrogens is 248 g/mol. The lowest BCUT2D eigenvalue weighted by Gasteiger charge is -2.13. The smallest absolute Gasteiger partial charge is 0.178 e. The molecule has 14 heavy (non-hydrogen) atoms. The van der Waals surface area contributed by atoms with Crippen molar-refractivity contribution in [3.05, 3.63) is 16.1 Å². The number of phenols is 1. The second-order valence-corrected chi connectivity index (χ2v) is 3.58. The number of phenolic OH excluding ortho intramolecular Hbond substituents is 1. The van der Waals surface area contributed by atoms with Crippen molar-refractivity contribution in [2.75, 3.05) is 14.2 Å². The zero-order valence-corrected chi connectivity index (χ0v) is 10.0. The molecule has 1 aromatic carbocycles.